The van der Waals surface area contributed by atoms with Crippen LogP contribution in [0.3, 0.4) is 0 Å². The Hall–Kier alpha value is -0.770. The predicted octanol–water partition coefficient (Wildman–Crippen LogP) is 2.14. The molecule has 15 heavy (non-hydrogen) atoms. The molecule has 0 radical (unpaired) electrons. The van der Waals surface area contributed by atoms with Gasteiger partial charge in [0.2, 0.25) is 0 Å². The second kappa shape index (κ2) is 4.39. The van der Waals surface area contributed by atoms with E-state index in [0.29, 0.717) is 24.0 Å². The van der Waals surface area contributed by atoms with Gasteiger partial charge in [-0.15, -0.1) is 0 Å². The van der Waals surface area contributed by atoms with E-state index < -0.39 is 0 Å². The first-order chi connectivity index (χ1) is 7.16. The molecule has 2 rings (SSSR count). The molecule has 0 saturated carbocycles. The number of hydrogen-bond donors (Lipinski definition) is 1. The number of rotatable bonds is 3. The predicted molar refractivity (Wildman–Crippen MR) is 59.3 cm³/mol. The smallest absolute Gasteiger partial charge is 0.145 e. The lowest BCUT2D eigenvalue weighted by atomic mass is 10.1. The maximum atomic E-state index is 6.08. The highest BCUT2D eigenvalue weighted by Crippen LogP contribution is 2.29. The normalized spacial score (nSPS) is 18.3. The van der Waals surface area contributed by atoms with E-state index in [0.717, 1.165) is 5.56 Å². The van der Waals surface area contributed by atoms with Crippen molar-refractivity contribution in [2.75, 3.05) is 13.2 Å². The molecule has 0 aliphatic carbocycles. The number of ether oxygens (including phenoxy) is 2. The van der Waals surface area contributed by atoms with Crippen molar-refractivity contribution in [1.29, 1.82) is 0 Å². The van der Waals surface area contributed by atoms with Crippen LogP contribution in [-0.2, 0) is 4.74 Å². The molecule has 4 heteroatoms. The van der Waals surface area contributed by atoms with E-state index in [1.165, 1.54) is 0 Å². The number of halogens is 1. The molecule has 1 saturated heterocycles. The van der Waals surface area contributed by atoms with E-state index in [-0.39, 0.29) is 12.1 Å². The third-order valence-electron chi connectivity index (χ3n) is 2.38. The lowest BCUT2D eigenvalue weighted by Crippen LogP contribution is -2.38. The van der Waals surface area contributed by atoms with Gasteiger partial charge in [0.05, 0.1) is 18.2 Å². The Kier molecular flexibility index (Phi) is 3.14. The Bertz CT molecular complexity index is 350. The van der Waals surface area contributed by atoms with Crippen molar-refractivity contribution in [3.63, 3.8) is 0 Å². The second-order valence-electron chi connectivity index (χ2n) is 3.76. The van der Waals surface area contributed by atoms with Crippen molar-refractivity contribution < 1.29 is 9.47 Å². The van der Waals surface area contributed by atoms with Crippen LogP contribution in [0.5, 0.6) is 5.75 Å². The fourth-order valence-corrected chi connectivity index (χ4v) is 1.59. The van der Waals surface area contributed by atoms with Crippen LogP contribution in [0.25, 0.3) is 0 Å². The van der Waals surface area contributed by atoms with Crippen molar-refractivity contribution in [2.24, 2.45) is 5.73 Å². The van der Waals surface area contributed by atoms with Crippen LogP contribution in [0.1, 0.15) is 18.5 Å². The Morgan fingerprint density at radius 1 is 1.53 bits per heavy atom. The standard InChI is InChI=1S/C11H14ClNO2/c1-7(13)8-2-3-11(10(12)4-8)15-9-5-14-6-9/h2-4,7,9H,5-6,13H2,1H3. The van der Waals surface area contributed by atoms with E-state index in [9.17, 15) is 0 Å². The molecule has 0 amide bonds. The summed E-state index contributed by atoms with van der Waals surface area (Å²) >= 11 is 6.08. The average molecular weight is 228 g/mol. The number of benzene rings is 1. The van der Waals surface area contributed by atoms with Crippen molar-refractivity contribution in [1.82, 2.24) is 0 Å². The molecule has 1 aliphatic rings. The SMILES string of the molecule is CC(N)c1ccc(OC2COC2)c(Cl)c1. The quantitative estimate of drug-likeness (QED) is 0.861. The summed E-state index contributed by atoms with van der Waals surface area (Å²) in [7, 11) is 0. The van der Waals surface area contributed by atoms with Gasteiger partial charge >= 0.3 is 0 Å². The van der Waals surface area contributed by atoms with E-state index in [4.69, 9.17) is 26.8 Å². The Balaban J connectivity index is 2.11. The van der Waals surface area contributed by atoms with Crippen LogP contribution in [0.2, 0.25) is 5.02 Å². The molecule has 3 nitrogen and oxygen atoms in total. The summed E-state index contributed by atoms with van der Waals surface area (Å²) in [5, 5.41) is 0.608. The van der Waals surface area contributed by atoms with Crippen LogP contribution < -0.4 is 10.5 Å². The van der Waals surface area contributed by atoms with E-state index in [1.54, 1.807) is 0 Å². The van der Waals surface area contributed by atoms with Crippen LogP contribution >= 0.6 is 11.6 Å². The minimum atomic E-state index is -0.0106. The minimum absolute atomic E-state index is 0.0106. The first kappa shape index (κ1) is 10.7. The molecule has 1 fully saturated rings. The Labute approximate surface area is 94.1 Å². The van der Waals surface area contributed by atoms with E-state index in [1.807, 2.05) is 25.1 Å². The summed E-state index contributed by atoms with van der Waals surface area (Å²) in [4.78, 5) is 0. The molecule has 1 heterocycles. The third kappa shape index (κ3) is 2.43. The van der Waals surface area contributed by atoms with Crippen LogP contribution in [0.15, 0.2) is 18.2 Å². The van der Waals surface area contributed by atoms with Crippen molar-refractivity contribution in [3.05, 3.63) is 28.8 Å². The van der Waals surface area contributed by atoms with Gasteiger partial charge in [0.15, 0.2) is 0 Å². The van der Waals surface area contributed by atoms with Gasteiger partial charge in [0.25, 0.3) is 0 Å². The minimum Gasteiger partial charge on any atom is -0.484 e. The summed E-state index contributed by atoms with van der Waals surface area (Å²) in [6.07, 6.45) is 0.142. The van der Waals surface area contributed by atoms with Crippen LogP contribution in [0, 0.1) is 0 Å². The zero-order valence-corrected chi connectivity index (χ0v) is 9.33. The molecule has 0 aromatic heterocycles. The molecule has 1 aromatic carbocycles. The molecular formula is C11H14ClNO2. The summed E-state index contributed by atoms with van der Waals surface area (Å²) in [6.45, 7) is 3.21. The molecule has 82 valence electrons. The highest BCUT2D eigenvalue weighted by atomic mass is 35.5. The van der Waals surface area contributed by atoms with Crippen molar-refractivity contribution in [2.45, 2.75) is 19.1 Å². The molecular weight excluding hydrogens is 214 g/mol. The second-order valence-corrected chi connectivity index (χ2v) is 4.16. The highest BCUT2D eigenvalue weighted by Gasteiger charge is 2.21. The van der Waals surface area contributed by atoms with Crippen molar-refractivity contribution in [3.8, 4) is 5.75 Å². The van der Waals surface area contributed by atoms with Crippen molar-refractivity contribution >= 4 is 11.6 Å². The lowest BCUT2D eigenvalue weighted by molar-refractivity contribution is -0.0796. The molecule has 1 atom stereocenters. The molecule has 1 aliphatic heterocycles. The lowest BCUT2D eigenvalue weighted by Gasteiger charge is -2.27. The van der Waals surface area contributed by atoms with Crippen LogP contribution in [-0.4, -0.2) is 19.3 Å². The van der Waals surface area contributed by atoms with Gasteiger partial charge < -0.3 is 15.2 Å². The largest absolute Gasteiger partial charge is 0.484 e. The summed E-state index contributed by atoms with van der Waals surface area (Å²) in [5.41, 5.74) is 6.76. The van der Waals surface area contributed by atoms with Crippen LogP contribution in [0.4, 0.5) is 0 Å². The molecule has 0 bridgehead atoms. The van der Waals surface area contributed by atoms with Gasteiger partial charge in [0.1, 0.15) is 11.9 Å². The zero-order valence-electron chi connectivity index (χ0n) is 8.57. The van der Waals surface area contributed by atoms with Gasteiger partial charge in [-0.3, -0.25) is 0 Å². The maximum Gasteiger partial charge on any atom is 0.145 e. The third-order valence-corrected chi connectivity index (χ3v) is 2.68. The Morgan fingerprint density at radius 2 is 2.27 bits per heavy atom. The van der Waals surface area contributed by atoms with Gasteiger partial charge in [-0.2, -0.15) is 0 Å². The van der Waals surface area contributed by atoms with Gasteiger partial charge in [-0.1, -0.05) is 17.7 Å². The fraction of sp³-hybridized carbons (Fsp3) is 0.455. The summed E-state index contributed by atoms with van der Waals surface area (Å²) in [6, 6.07) is 5.63. The summed E-state index contributed by atoms with van der Waals surface area (Å²) < 4.78 is 10.6. The fourth-order valence-electron chi connectivity index (χ4n) is 1.36. The monoisotopic (exact) mass is 227 g/mol. The first-order valence-corrected chi connectivity index (χ1v) is 5.34. The average Bonchev–Trinajstić information content (AvgIpc) is 2.12. The molecule has 1 aromatic rings. The Morgan fingerprint density at radius 3 is 2.73 bits per heavy atom. The number of hydrogen-bond acceptors (Lipinski definition) is 3. The molecule has 1 unspecified atom stereocenters. The van der Waals surface area contributed by atoms with Gasteiger partial charge in [0, 0.05) is 6.04 Å². The molecule has 0 spiro atoms. The summed E-state index contributed by atoms with van der Waals surface area (Å²) in [5.74, 6) is 0.703. The number of nitrogens with two attached hydrogens (primary N) is 1. The van der Waals surface area contributed by atoms with Gasteiger partial charge in [-0.05, 0) is 24.6 Å². The topological polar surface area (TPSA) is 44.5 Å². The van der Waals surface area contributed by atoms with E-state index >= 15 is 0 Å². The molecule has 2 N–H and O–H groups in total. The zero-order chi connectivity index (χ0) is 10.8. The maximum absolute atomic E-state index is 6.08. The highest BCUT2D eigenvalue weighted by molar-refractivity contribution is 6.32. The first-order valence-electron chi connectivity index (χ1n) is 4.96. The van der Waals surface area contributed by atoms with E-state index in [2.05, 4.69) is 0 Å². The van der Waals surface area contributed by atoms with Gasteiger partial charge in [-0.25, -0.2) is 0 Å².